The highest BCUT2D eigenvalue weighted by Gasteiger charge is 2.20. The lowest BCUT2D eigenvalue weighted by atomic mass is 9.89. The molecular weight excluding hydrogens is 657 g/mol. The summed E-state index contributed by atoms with van der Waals surface area (Å²) < 4.78 is 0. The molecule has 0 bridgehead atoms. The molecule has 268 valence electrons. The Morgan fingerprint density at radius 2 is 0.907 bits per heavy atom. The molecular formula is C50H49N4+. The number of rotatable bonds is 10. The van der Waals surface area contributed by atoms with Crippen LogP contribution < -0.4 is 14.8 Å². The molecule has 0 spiro atoms. The summed E-state index contributed by atoms with van der Waals surface area (Å²) in [6, 6.07) is 51.9. The van der Waals surface area contributed by atoms with Crippen LogP contribution in [0.2, 0.25) is 0 Å². The average Bonchev–Trinajstić information content (AvgIpc) is 3.25. The number of nitrogens with one attached hydrogen (secondary N) is 1. The number of hydrogen-bond acceptors (Lipinski definition) is 3. The maximum atomic E-state index is 4.49. The monoisotopic (exact) mass is 705 g/mol. The number of fused-ring (bicyclic) bond motifs is 2. The van der Waals surface area contributed by atoms with Crippen LogP contribution in [0.3, 0.4) is 0 Å². The fraction of sp³-hybridized carbons (Fsp3) is 0.160. The number of H-pyrrole nitrogens is 1. The number of aromatic amines is 1. The minimum absolute atomic E-state index is 0.971. The summed E-state index contributed by atoms with van der Waals surface area (Å²) in [5, 5.41) is 5.06. The van der Waals surface area contributed by atoms with E-state index in [1.54, 1.807) is 0 Å². The fourth-order valence-electron chi connectivity index (χ4n) is 7.72. The van der Waals surface area contributed by atoms with Crippen molar-refractivity contribution in [3.8, 4) is 44.5 Å². The lowest BCUT2D eigenvalue weighted by molar-refractivity contribution is -0.377. The zero-order valence-corrected chi connectivity index (χ0v) is 31.8. The van der Waals surface area contributed by atoms with E-state index in [0.717, 1.165) is 26.2 Å². The molecule has 6 aromatic carbocycles. The number of aromatic nitrogens is 2. The van der Waals surface area contributed by atoms with Gasteiger partial charge >= 0.3 is 0 Å². The summed E-state index contributed by atoms with van der Waals surface area (Å²) in [7, 11) is 0. The Balaban J connectivity index is 0.000000167. The molecule has 54 heavy (non-hydrogen) atoms. The zero-order valence-electron chi connectivity index (χ0n) is 31.8. The van der Waals surface area contributed by atoms with Crippen LogP contribution in [-0.4, -0.2) is 31.2 Å². The van der Waals surface area contributed by atoms with Crippen LogP contribution in [0.4, 0.5) is 11.4 Å². The van der Waals surface area contributed by atoms with E-state index in [-0.39, 0.29) is 0 Å². The van der Waals surface area contributed by atoms with Gasteiger partial charge in [-0.05, 0) is 77.6 Å². The molecule has 4 heteroatoms. The lowest BCUT2D eigenvalue weighted by Crippen LogP contribution is -2.23. The molecule has 8 rings (SSSR count). The van der Waals surface area contributed by atoms with Crippen molar-refractivity contribution in [1.29, 1.82) is 0 Å². The second-order valence-electron chi connectivity index (χ2n) is 13.3. The SMILES string of the molecule is CCN(CC)c1cc[nH+]cc1-c1c(-c2ccccc2)ccc2ccccc12.CCN(CC)c1ccncc1-c1c(-c2ccccc2)ccc2ccccc12. The highest BCUT2D eigenvalue weighted by atomic mass is 15.1. The van der Waals surface area contributed by atoms with E-state index in [0.29, 0.717) is 0 Å². The van der Waals surface area contributed by atoms with Gasteiger partial charge in [0.05, 0.1) is 11.3 Å². The Labute approximate surface area is 320 Å². The van der Waals surface area contributed by atoms with Gasteiger partial charge in [0.1, 0.15) is 0 Å². The number of pyridine rings is 2. The maximum absolute atomic E-state index is 4.49. The molecule has 0 radical (unpaired) electrons. The number of anilines is 2. The molecule has 1 N–H and O–H groups in total. The van der Waals surface area contributed by atoms with Gasteiger partial charge in [0.15, 0.2) is 12.4 Å². The van der Waals surface area contributed by atoms with Gasteiger partial charge in [0.2, 0.25) is 0 Å². The molecule has 0 atom stereocenters. The van der Waals surface area contributed by atoms with Gasteiger partial charge in [-0.1, -0.05) is 133 Å². The van der Waals surface area contributed by atoms with Crippen LogP contribution in [0.1, 0.15) is 27.7 Å². The maximum Gasteiger partial charge on any atom is 0.177 e. The van der Waals surface area contributed by atoms with E-state index in [4.69, 9.17) is 0 Å². The van der Waals surface area contributed by atoms with Gasteiger partial charge in [-0.3, -0.25) is 4.98 Å². The average molecular weight is 706 g/mol. The molecule has 0 aliphatic rings. The summed E-state index contributed by atoms with van der Waals surface area (Å²) >= 11 is 0. The van der Waals surface area contributed by atoms with Gasteiger partial charge in [0.25, 0.3) is 0 Å². The Hall–Kier alpha value is -6.26. The van der Waals surface area contributed by atoms with Crippen molar-refractivity contribution < 1.29 is 4.98 Å². The van der Waals surface area contributed by atoms with E-state index >= 15 is 0 Å². The van der Waals surface area contributed by atoms with Crippen molar-refractivity contribution in [2.45, 2.75) is 27.7 Å². The molecule has 8 aromatic rings. The van der Waals surface area contributed by atoms with Crippen molar-refractivity contribution in [2.24, 2.45) is 0 Å². The van der Waals surface area contributed by atoms with Crippen molar-refractivity contribution in [2.75, 3.05) is 36.0 Å². The first-order valence-electron chi connectivity index (χ1n) is 19.3. The summed E-state index contributed by atoms with van der Waals surface area (Å²) in [4.78, 5) is 12.6. The topological polar surface area (TPSA) is 33.5 Å². The van der Waals surface area contributed by atoms with E-state index in [9.17, 15) is 0 Å². The highest BCUT2D eigenvalue weighted by molar-refractivity contribution is 6.07. The quantitative estimate of drug-likeness (QED) is 0.142. The fourth-order valence-corrected chi connectivity index (χ4v) is 7.72. The first kappa shape index (κ1) is 36.1. The second-order valence-corrected chi connectivity index (χ2v) is 13.3. The summed E-state index contributed by atoms with van der Waals surface area (Å²) in [6.07, 6.45) is 8.07. The van der Waals surface area contributed by atoms with Gasteiger partial charge in [-0.15, -0.1) is 0 Å². The minimum atomic E-state index is 0.971. The lowest BCUT2D eigenvalue weighted by Gasteiger charge is -2.25. The summed E-state index contributed by atoms with van der Waals surface area (Å²) in [5.41, 5.74) is 12.5. The van der Waals surface area contributed by atoms with Gasteiger partial charge in [0, 0.05) is 67.0 Å². The first-order valence-corrected chi connectivity index (χ1v) is 19.3. The van der Waals surface area contributed by atoms with Gasteiger partial charge in [-0.25, -0.2) is 4.98 Å². The minimum Gasteiger partial charge on any atom is -0.371 e. The normalized spacial score (nSPS) is 10.9. The number of benzene rings is 6. The molecule has 2 aromatic heterocycles. The molecule has 0 aliphatic carbocycles. The summed E-state index contributed by atoms with van der Waals surface area (Å²) in [6.45, 7) is 12.7. The standard InChI is InChI=1S/2C25H24N2/c2*1-3-27(4-2)24-16-17-26-18-23(24)25-21-13-9-8-12-20(21)14-15-22(25)19-10-6-5-7-11-19/h2*5-18H,3-4H2,1-2H3/p+1. The van der Waals surface area contributed by atoms with Crippen molar-refractivity contribution in [3.05, 3.63) is 170 Å². The van der Waals surface area contributed by atoms with E-state index in [1.807, 2.05) is 18.6 Å². The van der Waals surface area contributed by atoms with E-state index < -0.39 is 0 Å². The predicted octanol–water partition coefficient (Wildman–Crippen LogP) is 12.2. The van der Waals surface area contributed by atoms with Crippen molar-refractivity contribution in [1.82, 2.24) is 4.98 Å². The Morgan fingerprint density at radius 1 is 0.444 bits per heavy atom. The van der Waals surface area contributed by atoms with Gasteiger partial charge in [-0.2, -0.15) is 0 Å². The number of hydrogen-bond donors (Lipinski definition) is 0. The van der Waals surface area contributed by atoms with Crippen LogP contribution in [0.25, 0.3) is 66.1 Å². The van der Waals surface area contributed by atoms with Crippen LogP contribution in [0, 0.1) is 0 Å². The largest absolute Gasteiger partial charge is 0.371 e. The summed E-state index contributed by atoms with van der Waals surface area (Å²) in [5.74, 6) is 0. The van der Waals surface area contributed by atoms with Crippen LogP contribution in [-0.2, 0) is 0 Å². The molecule has 4 nitrogen and oxygen atoms in total. The smallest absolute Gasteiger partial charge is 0.177 e. The van der Waals surface area contributed by atoms with Crippen molar-refractivity contribution in [3.63, 3.8) is 0 Å². The van der Waals surface area contributed by atoms with Crippen LogP contribution in [0.15, 0.2) is 170 Å². The molecule has 0 aliphatic heterocycles. The zero-order chi connectivity index (χ0) is 37.3. The first-order chi connectivity index (χ1) is 26.7. The molecule has 0 unspecified atom stereocenters. The molecule has 0 amide bonds. The number of nitrogens with zero attached hydrogens (tertiary/aromatic N) is 3. The van der Waals surface area contributed by atoms with Gasteiger partial charge < -0.3 is 9.80 Å². The Kier molecular flexibility index (Phi) is 11.4. The highest BCUT2D eigenvalue weighted by Crippen LogP contribution is 2.43. The Bertz CT molecular complexity index is 2270. The van der Waals surface area contributed by atoms with Crippen LogP contribution in [0.5, 0.6) is 0 Å². The third kappa shape index (κ3) is 7.33. The predicted molar refractivity (Wildman–Crippen MR) is 231 cm³/mol. The third-order valence-electron chi connectivity index (χ3n) is 10.4. The molecule has 0 saturated carbocycles. The van der Waals surface area contributed by atoms with Crippen LogP contribution >= 0.6 is 0 Å². The Morgan fingerprint density at radius 3 is 1.43 bits per heavy atom. The molecule has 2 heterocycles. The van der Waals surface area contributed by atoms with Crippen molar-refractivity contribution >= 4 is 32.9 Å². The second kappa shape index (κ2) is 17.0. The van der Waals surface area contributed by atoms with E-state index in [1.165, 1.54) is 77.4 Å². The molecule has 0 fully saturated rings. The van der Waals surface area contributed by atoms with E-state index in [2.05, 4.69) is 199 Å². The molecule has 0 saturated heterocycles. The third-order valence-corrected chi connectivity index (χ3v) is 10.4.